The van der Waals surface area contributed by atoms with Gasteiger partial charge < -0.3 is 14.8 Å². The molecule has 6 nitrogen and oxygen atoms in total. The second-order valence-electron chi connectivity index (χ2n) is 5.87. The van der Waals surface area contributed by atoms with Crippen molar-refractivity contribution in [2.45, 2.75) is 19.8 Å². The maximum Gasteiger partial charge on any atom is 0.360 e. The first-order valence-corrected chi connectivity index (χ1v) is 9.04. The Morgan fingerprint density at radius 3 is 2.56 bits per heavy atom. The van der Waals surface area contributed by atoms with E-state index >= 15 is 0 Å². The number of hydrogen-bond acceptors (Lipinski definition) is 6. The molecule has 1 N–H and O–H groups in total. The maximum absolute atomic E-state index is 12.5. The van der Waals surface area contributed by atoms with Crippen LogP contribution >= 0.6 is 11.6 Å². The molecule has 0 amide bonds. The topological polar surface area (TPSA) is 73.3 Å². The van der Waals surface area contributed by atoms with Gasteiger partial charge in [-0.1, -0.05) is 37.1 Å². The number of nitrogens with one attached hydrogen (secondary N) is 1. The number of aromatic nitrogens is 2. The molecule has 0 radical (unpaired) electrons. The second-order valence-corrected chi connectivity index (χ2v) is 6.28. The Hall–Kier alpha value is -2.86. The molecule has 0 saturated carbocycles. The molecule has 0 spiro atoms. The van der Waals surface area contributed by atoms with E-state index < -0.39 is 5.97 Å². The van der Waals surface area contributed by atoms with E-state index in [1.807, 2.05) is 25.1 Å². The number of anilines is 2. The molecule has 3 rings (SSSR count). The van der Waals surface area contributed by atoms with Crippen molar-refractivity contribution < 1.29 is 14.3 Å². The summed E-state index contributed by atoms with van der Waals surface area (Å²) >= 11 is 6.18. The summed E-state index contributed by atoms with van der Waals surface area (Å²) in [5, 5.41) is 3.56. The van der Waals surface area contributed by atoms with Crippen LogP contribution < -0.4 is 10.1 Å². The van der Waals surface area contributed by atoms with Crippen LogP contribution in [0.5, 0.6) is 5.75 Å². The number of halogens is 1. The van der Waals surface area contributed by atoms with Crippen LogP contribution in [-0.2, 0) is 4.74 Å². The van der Waals surface area contributed by atoms with Gasteiger partial charge >= 0.3 is 5.97 Å². The summed E-state index contributed by atoms with van der Waals surface area (Å²) in [7, 11) is 1.55. The van der Waals surface area contributed by atoms with Crippen LogP contribution in [0.1, 0.15) is 30.3 Å². The minimum atomic E-state index is -0.510. The van der Waals surface area contributed by atoms with Crippen LogP contribution in [0.25, 0.3) is 11.0 Å². The van der Waals surface area contributed by atoms with Crippen LogP contribution in [0.15, 0.2) is 42.5 Å². The molecule has 3 aromatic rings. The van der Waals surface area contributed by atoms with E-state index in [0.29, 0.717) is 39.9 Å². The molecule has 0 aliphatic heterocycles. The van der Waals surface area contributed by atoms with Crippen molar-refractivity contribution in [3.05, 3.63) is 53.2 Å². The fourth-order valence-corrected chi connectivity index (χ4v) is 2.75. The van der Waals surface area contributed by atoms with E-state index in [9.17, 15) is 4.79 Å². The Morgan fingerprint density at radius 1 is 1.15 bits per heavy atom. The highest BCUT2D eigenvalue weighted by molar-refractivity contribution is 6.32. The third kappa shape index (κ3) is 4.46. The van der Waals surface area contributed by atoms with Crippen LogP contribution in [0, 0.1) is 0 Å². The lowest BCUT2D eigenvalue weighted by atomic mass is 10.2. The molecule has 0 aliphatic carbocycles. The van der Waals surface area contributed by atoms with E-state index in [4.69, 9.17) is 21.1 Å². The first-order valence-electron chi connectivity index (χ1n) is 8.67. The average molecular weight is 386 g/mol. The minimum Gasteiger partial charge on any atom is -0.495 e. The number of carbonyl (C=O) groups excluding carboxylic acids is 1. The van der Waals surface area contributed by atoms with Crippen molar-refractivity contribution in [1.29, 1.82) is 0 Å². The lowest BCUT2D eigenvalue weighted by Gasteiger charge is -2.12. The number of esters is 1. The zero-order valence-electron chi connectivity index (χ0n) is 15.2. The summed E-state index contributed by atoms with van der Waals surface area (Å²) < 4.78 is 10.5. The Kier molecular flexibility index (Phi) is 6.08. The number of rotatable bonds is 7. The fraction of sp³-hybridized carbons (Fsp3) is 0.250. The summed E-state index contributed by atoms with van der Waals surface area (Å²) in [5.41, 5.74) is 2.09. The Labute approximate surface area is 162 Å². The molecule has 0 aliphatic rings. The van der Waals surface area contributed by atoms with E-state index in [-0.39, 0.29) is 5.69 Å². The van der Waals surface area contributed by atoms with Gasteiger partial charge in [-0.15, -0.1) is 0 Å². The van der Waals surface area contributed by atoms with Crippen molar-refractivity contribution in [3.8, 4) is 5.75 Å². The van der Waals surface area contributed by atoms with Gasteiger partial charge in [-0.05, 0) is 36.8 Å². The Morgan fingerprint density at radius 2 is 1.89 bits per heavy atom. The highest BCUT2D eigenvalue weighted by Crippen LogP contribution is 2.29. The SMILES string of the molecule is CCCCOC(=O)c1nc2ccccc2nc1Nc1ccc(OC)c(Cl)c1. The number of carbonyl (C=O) groups is 1. The van der Waals surface area contributed by atoms with Crippen LogP contribution in [-0.4, -0.2) is 29.7 Å². The summed E-state index contributed by atoms with van der Waals surface area (Å²) in [6.45, 7) is 2.38. The zero-order chi connectivity index (χ0) is 19.2. The van der Waals surface area contributed by atoms with Gasteiger partial charge in [0, 0.05) is 5.69 Å². The smallest absolute Gasteiger partial charge is 0.360 e. The Bertz CT molecular complexity index is 962. The van der Waals surface area contributed by atoms with Gasteiger partial charge in [-0.2, -0.15) is 0 Å². The number of nitrogens with zero attached hydrogens (tertiary/aromatic N) is 2. The predicted octanol–water partition coefficient (Wildman–Crippen LogP) is 4.99. The number of para-hydroxylation sites is 2. The quantitative estimate of drug-likeness (QED) is 0.456. The van der Waals surface area contributed by atoms with Gasteiger partial charge in [0.15, 0.2) is 11.5 Å². The number of hydrogen-bond donors (Lipinski definition) is 1. The summed E-state index contributed by atoms with van der Waals surface area (Å²) in [6.07, 6.45) is 1.73. The van der Waals surface area contributed by atoms with E-state index in [0.717, 1.165) is 12.8 Å². The molecule has 0 saturated heterocycles. The maximum atomic E-state index is 12.5. The molecule has 1 heterocycles. The first kappa shape index (κ1) is 18.9. The van der Waals surface area contributed by atoms with Gasteiger partial charge in [0.25, 0.3) is 0 Å². The molecule has 1 aromatic heterocycles. The van der Waals surface area contributed by atoms with Crippen molar-refractivity contribution in [2.75, 3.05) is 19.0 Å². The van der Waals surface area contributed by atoms with E-state index in [1.54, 1.807) is 31.4 Å². The average Bonchev–Trinajstić information content (AvgIpc) is 2.67. The van der Waals surface area contributed by atoms with Crippen molar-refractivity contribution in [2.24, 2.45) is 0 Å². The van der Waals surface area contributed by atoms with Crippen molar-refractivity contribution >= 4 is 40.1 Å². The fourth-order valence-electron chi connectivity index (χ4n) is 2.49. The lowest BCUT2D eigenvalue weighted by Crippen LogP contribution is -2.13. The lowest BCUT2D eigenvalue weighted by molar-refractivity contribution is 0.0494. The second kappa shape index (κ2) is 8.68. The number of methoxy groups -OCH3 is 1. The molecule has 7 heteroatoms. The molecule has 2 aromatic carbocycles. The van der Waals surface area contributed by atoms with E-state index in [2.05, 4.69) is 15.3 Å². The molecule has 0 fully saturated rings. The number of ether oxygens (including phenoxy) is 2. The number of benzene rings is 2. The summed E-state index contributed by atoms with van der Waals surface area (Å²) in [6, 6.07) is 12.6. The van der Waals surface area contributed by atoms with Gasteiger partial charge in [-0.3, -0.25) is 0 Å². The monoisotopic (exact) mass is 385 g/mol. The molecule has 0 bridgehead atoms. The van der Waals surface area contributed by atoms with Crippen molar-refractivity contribution in [1.82, 2.24) is 9.97 Å². The summed E-state index contributed by atoms with van der Waals surface area (Å²) in [5.74, 6) is 0.367. The highest BCUT2D eigenvalue weighted by Gasteiger charge is 2.18. The molecule has 0 unspecified atom stereocenters. The standard InChI is InChI=1S/C20H20ClN3O3/c1-3-4-11-27-20(25)18-19(24-16-8-6-5-7-15(16)23-18)22-13-9-10-17(26-2)14(21)12-13/h5-10,12H,3-4,11H2,1-2H3,(H,22,24). The molecular weight excluding hydrogens is 366 g/mol. The molecule has 140 valence electrons. The van der Waals surface area contributed by atoms with Gasteiger partial charge in [0.2, 0.25) is 0 Å². The normalized spacial score (nSPS) is 10.6. The number of fused-ring (bicyclic) bond motifs is 1. The first-order chi connectivity index (χ1) is 13.1. The minimum absolute atomic E-state index is 0.136. The molecule has 27 heavy (non-hydrogen) atoms. The third-order valence-electron chi connectivity index (χ3n) is 3.91. The van der Waals surface area contributed by atoms with Crippen LogP contribution in [0.2, 0.25) is 5.02 Å². The van der Waals surface area contributed by atoms with Crippen molar-refractivity contribution in [3.63, 3.8) is 0 Å². The molecule has 0 atom stereocenters. The molecular formula is C20H20ClN3O3. The Balaban J connectivity index is 1.97. The van der Waals surface area contributed by atoms with Gasteiger partial charge in [0.1, 0.15) is 5.75 Å². The highest BCUT2D eigenvalue weighted by atomic mass is 35.5. The summed E-state index contributed by atoms with van der Waals surface area (Å²) in [4.78, 5) is 21.5. The van der Waals surface area contributed by atoms with Gasteiger partial charge in [0.05, 0.1) is 29.8 Å². The predicted molar refractivity (Wildman–Crippen MR) is 106 cm³/mol. The number of unbranched alkanes of at least 4 members (excludes halogenated alkanes) is 1. The van der Waals surface area contributed by atoms with E-state index in [1.165, 1.54) is 0 Å². The van der Waals surface area contributed by atoms with Gasteiger partial charge in [-0.25, -0.2) is 14.8 Å². The zero-order valence-corrected chi connectivity index (χ0v) is 15.9. The largest absolute Gasteiger partial charge is 0.495 e. The van der Waals surface area contributed by atoms with Crippen LogP contribution in [0.4, 0.5) is 11.5 Å². The van der Waals surface area contributed by atoms with Crippen LogP contribution in [0.3, 0.4) is 0 Å². The third-order valence-corrected chi connectivity index (χ3v) is 4.20.